The summed E-state index contributed by atoms with van der Waals surface area (Å²) in [6, 6.07) is 3.76. The Kier molecular flexibility index (Phi) is 7.58. The zero-order valence-electron chi connectivity index (χ0n) is 13.4. The van der Waals surface area contributed by atoms with Gasteiger partial charge in [-0.1, -0.05) is 13.8 Å². The first-order valence-electron chi connectivity index (χ1n) is 7.83. The summed E-state index contributed by atoms with van der Waals surface area (Å²) in [7, 11) is 0. The summed E-state index contributed by atoms with van der Waals surface area (Å²) >= 11 is 0. The number of nitrogens with zero attached hydrogens (tertiary/aromatic N) is 1. The molecule has 1 rings (SSSR count). The minimum Gasteiger partial charge on any atom is -0.396 e. The quantitative estimate of drug-likeness (QED) is 0.611. The average Bonchev–Trinajstić information content (AvgIpc) is 2.47. The van der Waals surface area contributed by atoms with Gasteiger partial charge in [-0.05, 0) is 44.7 Å². The van der Waals surface area contributed by atoms with Gasteiger partial charge in [-0.25, -0.2) is 4.98 Å². The fourth-order valence-corrected chi connectivity index (χ4v) is 2.18. The molecule has 0 spiro atoms. The summed E-state index contributed by atoms with van der Waals surface area (Å²) in [5.74, 6) is 1.08. The van der Waals surface area contributed by atoms with Gasteiger partial charge in [0.15, 0.2) is 0 Å². The van der Waals surface area contributed by atoms with Gasteiger partial charge in [0.05, 0.1) is 5.69 Å². The fourth-order valence-electron chi connectivity index (χ4n) is 2.18. The van der Waals surface area contributed by atoms with Crippen LogP contribution in [0, 0.1) is 12.8 Å². The topological polar surface area (TPSA) is 80.0 Å². The summed E-state index contributed by atoms with van der Waals surface area (Å²) in [5, 5.41) is 6.23. The molecule has 1 aromatic rings. The number of nitrogens with one attached hydrogen (secondary N) is 2. The number of nitrogen functional groups attached to an aromatic ring is 1. The number of aromatic nitrogens is 1. The molecule has 1 amide bonds. The van der Waals surface area contributed by atoms with Crippen LogP contribution in [0.3, 0.4) is 0 Å². The zero-order chi connectivity index (χ0) is 15.7. The van der Waals surface area contributed by atoms with Gasteiger partial charge in [0.25, 0.3) is 0 Å². The third-order valence-corrected chi connectivity index (χ3v) is 3.62. The third kappa shape index (κ3) is 6.02. The first-order chi connectivity index (χ1) is 10.1. The number of carbonyl (C=O) groups excluding carboxylic acids is 1. The molecule has 5 heteroatoms. The summed E-state index contributed by atoms with van der Waals surface area (Å²) < 4.78 is 0. The molecule has 0 aliphatic heterocycles. The molecule has 0 aliphatic rings. The number of aryl methyl sites for hydroxylation is 1. The number of unbranched alkanes of at least 4 members (excludes halogenated alkanes) is 1. The molecule has 0 aliphatic carbocycles. The maximum atomic E-state index is 11.8. The van der Waals surface area contributed by atoms with Gasteiger partial charge in [0, 0.05) is 24.7 Å². The largest absolute Gasteiger partial charge is 0.396 e. The van der Waals surface area contributed by atoms with Gasteiger partial charge >= 0.3 is 0 Å². The molecule has 0 unspecified atom stereocenters. The predicted octanol–water partition coefficient (Wildman–Crippen LogP) is 2.72. The number of hydrogen-bond donors (Lipinski definition) is 3. The Morgan fingerprint density at radius 2 is 1.90 bits per heavy atom. The second-order valence-electron chi connectivity index (χ2n) is 5.33. The fraction of sp³-hybridized carbons (Fsp3) is 0.625. The molecule has 5 nitrogen and oxygen atoms in total. The third-order valence-electron chi connectivity index (χ3n) is 3.62. The number of pyridine rings is 1. The molecule has 0 saturated heterocycles. The minimum atomic E-state index is 0.152. The summed E-state index contributed by atoms with van der Waals surface area (Å²) in [5.41, 5.74) is 7.47. The van der Waals surface area contributed by atoms with Crippen LogP contribution in [0.4, 0.5) is 11.5 Å². The van der Waals surface area contributed by atoms with Gasteiger partial charge in [0.2, 0.25) is 5.91 Å². The highest BCUT2D eigenvalue weighted by Crippen LogP contribution is 2.15. The van der Waals surface area contributed by atoms with Crippen molar-refractivity contribution in [3.8, 4) is 0 Å². The Morgan fingerprint density at radius 1 is 1.24 bits per heavy atom. The van der Waals surface area contributed by atoms with Crippen molar-refractivity contribution < 1.29 is 4.79 Å². The van der Waals surface area contributed by atoms with Gasteiger partial charge < -0.3 is 16.4 Å². The highest BCUT2D eigenvalue weighted by atomic mass is 16.1. The molecule has 0 fully saturated rings. The van der Waals surface area contributed by atoms with Crippen LogP contribution in [-0.2, 0) is 4.79 Å². The second kappa shape index (κ2) is 9.21. The van der Waals surface area contributed by atoms with Crippen LogP contribution in [-0.4, -0.2) is 24.0 Å². The normalized spacial score (nSPS) is 10.7. The Labute approximate surface area is 127 Å². The van der Waals surface area contributed by atoms with E-state index in [9.17, 15) is 4.79 Å². The zero-order valence-corrected chi connectivity index (χ0v) is 13.4. The second-order valence-corrected chi connectivity index (χ2v) is 5.33. The molecular weight excluding hydrogens is 264 g/mol. The maximum Gasteiger partial charge on any atom is 0.223 e. The van der Waals surface area contributed by atoms with Gasteiger partial charge in [-0.2, -0.15) is 0 Å². The Bertz CT molecular complexity index is 444. The lowest BCUT2D eigenvalue weighted by molar-refractivity contribution is -0.125. The summed E-state index contributed by atoms with van der Waals surface area (Å²) in [6.45, 7) is 7.58. The molecule has 21 heavy (non-hydrogen) atoms. The number of nitrogens with two attached hydrogens (primary N) is 1. The first kappa shape index (κ1) is 17.3. The van der Waals surface area contributed by atoms with E-state index in [1.807, 2.05) is 19.1 Å². The number of hydrogen-bond acceptors (Lipinski definition) is 4. The summed E-state index contributed by atoms with van der Waals surface area (Å²) in [4.78, 5) is 16.1. The van der Waals surface area contributed by atoms with Gasteiger partial charge in [-0.3, -0.25) is 4.79 Å². The van der Waals surface area contributed by atoms with Crippen LogP contribution >= 0.6 is 0 Å². The van der Waals surface area contributed by atoms with Crippen molar-refractivity contribution in [1.29, 1.82) is 0 Å². The van der Waals surface area contributed by atoms with Gasteiger partial charge in [-0.15, -0.1) is 0 Å². The van der Waals surface area contributed by atoms with Crippen LogP contribution in [0.25, 0.3) is 0 Å². The van der Waals surface area contributed by atoms with Crippen LogP contribution in [0.15, 0.2) is 12.1 Å². The van der Waals surface area contributed by atoms with Crippen molar-refractivity contribution in [2.45, 2.75) is 46.5 Å². The van der Waals surface area contributed by atoms with E-state index in [4.69, 9.17) is 5.73 Å². The Morgan fingerprint density at radius 3 is 2.57 bits per heavy atom. The minimum absolute atomic E-state index is 0.152. The van der Waals surface area contributed by atoms with E-state index >= 15 is 0 Å². The molecular formula is C16H28N4O. The summed E-state index contributed by atoms with van der Waals surface area (Å²) in [6.07, 6.45) is 3.73. The predicted molar refractivity (Wildman–Crippen MR) is 88.2 cm³/mol. The average molecular weight is 292 g/mol. The molecule has 4 N–H and O–H groups in total. The van der Waals surface area contributed by atoms with E-state index in [2.05, 4.69) is 29.5 Å². The lowest BCUT2D eigenvalue weighted by Gasteiger charge is -2.13. The maximum absolute atomic E-state index is 11.8. The van der Waals surface area contributed by atoms with E-state index in [1.54, 1.807) is 0 Å². The first-order valence-corrected chi connectivity index (χ1v) is 7.83. The number of rotatable bonds is 9. The molecule has 0 saturated carbocycles. The molecule has 1 heterocycles. The standard InChI is InChI=1S/C16H28N4O/c1-4-13(5-2)16(21)19-11-7-6-10-18-15-14(17)9-8-12(3)20-15/h8-9,13H,4-7,10-11,17H2,1-3H3,(H,18,20)(H,19,21). The SMILES string of the molecule is CCC(CC)C(=O)NCCCCNc1nc(C)ccc1N. The highest BCUT2D eigenvalue weighted by molar-refractivity contribution is 5.78. The van der Waals surface area contributed by atoms with E-state index < -0.39 is 0 Å². The lowest BCUT2D eigenvalue weighted by Crippen LogP contribution is -2.31. The van der Waals surface area contributed by atoms with E-state index in [1.165, 1.54) is 0 Å². The van der Waals surface area contributed by atoms with Gasteiger partial charge in [0.1, 0.15) is 5.82 Å². The molecule has 0 bridgehead atoms. The van der Waals surface area contributed by atoms with Crippen LogP contribution in [0.1, 0.15) is 45.2 Å². The van der Waals surface area contributed by atoms with E-state index in [0.29, 0.717) is 5.69 Å². The number of amides is 1. The van der Waals surface area contributed by atoms with Crippen LogP contribution in [0.5, 0.6) is 0 Å². The molecule has 0 radical (unpaired) electrons. The highest BCUT2D eigenvalue weighted by Gasteiger charge is 2.12. The lowest BCUT2D eigenvalue weighted by atomic mass is 10.0. The van der Waals surface area contributed by atoms with Crippen molar-refractivity contribution in [3.63, 3.8) is 0 Å². The number of carbonyl (C=O) groups is 1. The Balaban J connectivity index is 2.17. The molecule has 0 aromatic carbocycles. The van der Waals surface area contributed by atoms with Crippen molar-refractivity contribution in [2.75, 3.05) is 24.1 Å². The molecule has 118 valence electrons. The molecule has 0 atom stereocenters. The van der Waals surface area contributed by atoms with E-state index in [-0.39, 0.29) is 11.8 Å². The van der Waals surface area contributed by atoms with E-state index in [0.717, 1.165) is 50.3 Å². The number of anilines is 2. The van der Waals surface area contributed by atoms with Crippen molar-refractivity contribution in [3.05, 3.63) is 17.8 Å². The monoisotopic (exact) mass is 292 g/mol. The Hall–Kier alpha value is -1.78. The van der Waals surface area contributed by atoms with Crippen molar-refractivity contribution >= 4 is 17.4 Å². The molecule has 1 aromatic heterocycles. The van der Waals surface area contributed by atoms with Crippen LogP contribution in [0.2, 0.25) is 0 Å². The smallest absolute Gasteiger partial charge is 0.223 e. The van der Waals surface area contributed by atoms with Crippen LogP contribution < -0.4 is 16.4 Å². The van der Waals surface area contributed by atoms with Crippen molar-refractivity contribution in [1.82, 2.24) is 10.3 Å². The van der Waals surface area contributed by atoms with Crippen molar-refractivity contribution in [2.24, 2.45) is 5.92 Å².